The molecule has 0 amide bonds. The van der Waals surface area contributed by atoms with Gasteiger partial charge in [-0.3, -0.25) is 4.79 Å². The van der Waals surface area contributed by atoms with Crippen molar-refractivity contribution in [2.24, 2.45) is 0 Å². The number of rotatable bonds is 7. The maximum absolute atomic E-state index is 12.7. The normalized spacial score (nSPS) is 12.8. The van der Waals surface area contributed by atoms with Gasteiger partial charge in [-0.05, 0) is 24.1 Å². The molecule has 0 spiro atoms. The van der Waals surface area contributed by atoms with E-state index in [-0.39, 0.29) is 5.82 Å². The molecule has 0 fully saturated rings. The van der Waals surface area contributed by atoms with Crippen LogP contribution >= 0.6 is 0 Å². The van der Waals surface area contributed by atoms with Crippen molar-refractivity contribution in [3.63, 3.8) is 0 Å². The Morgan fingerprint density at radius 2 is 2.11 bits per heavy atom. The Bertz CT molecular complexity index is 401. The van der Waals surface area contributed by atoms with Crippen LogP contribution in [0.3, 0.4) is 0 Å². The van der Waals surface area contributed by atoms with E-state index in [4.69, 9.17) is 5.11 Å². The quantitative estimate of drug-likeness (QED) is 0.783. The highest BCUT2D eigenvalue weighted by Gasteiger charge is 2.13. The van der Waals surface area contributed by atoms with Crippen molar-refractivity contribution < 1.29 is 14.3 Å². The second-order valence-electron chi connectivity index (χ2n) is 4.04. The SMILES string of the molecule is CCCC(NC/C=C/c1ccc(F)cc1)C(=O)O. The van der Waals surface area contributed by atoms with Crippen LogP contribution in [0.25, 0.3) is 6.08 Å². The molecule has 0 saturated carbocycles. The van der Waals surface area contributed by atoms with Crippen molar-refractivity contribution in [3.05, 3.63) is 41.7 Å². The molecule has 0 bridgehead atoms. The maximum atomic E-state index is 12.7. The van der Waals surface area contributed by atoms with E-state index in [1.165, 1.54) is 12.1 Å². The molecule has 1 unspecified atom stereocenters. The first kappa shape index (κ1) is 14.4. The van der Waals surface area contributed by atoms with Gasteiger partial charge in [-0.15, -0.1) is 0 Å². The minimum absolute atomic E-state index is 0.265. The van der Waals surface area contributed by atoms with Gasteiger partial charge in [-0.25, -0.2) is 4.39 Å². The molecule has 1 atom stereocenters. The van der Waals surface area contributed by atoms with Crippen LogP contribution in [0.2, 0.25) is 0 Å². The molecule has 1 aromatic rings. The predicted octanol–water partition coefficient (Wildman–Crippen LogP) is 2.68. The van der Waals surface area contributed by atoms with Gasteiger partial charge in [0.25, 0.3) is 0 Å². The fourth-order valence-electron chi connectivity index (χ4n) is 1.58. The number of aliphatic carboxylic acids is 1. The van der Waals surface area contributed by atoms with Crippen molar-refractivity contribution in [3.8, 4) is 0 Å². The smallest absolute Gasteiger partial charge is 0.320 e. The molecule has 0 aliphatic rings. The highest BCUT2D eigenvalue weighted by molar-refractivity contribution is 5.73. The van der Waals surface area contributed by atoms with Crippen LogP contribution in [0.4, 0.5) is 4.39 Å². The molecule has 0 radical (unpaired) electrons. The van der Waals surface area contributed by atoms with Gasteiger partial charge < -0.3 is 10.4 Å². The van der Waals surface area contributed by atoms with Crippen LogP contribution in [0.5, 0.6) is 0 Å². The second-order valence-corrected chi connectivity index (χ2v) is 4.04. The number of hydrogen-bond donors (Lipinski definition) is 2. The first-order valence-electron chi connectivity index (χ1n) is 6.01. The Kier molecular flexibility index (Phi) is 6.08. The standard InChI is InChI=1S/C14H18FNO2/c1-2-4-13(14(17)18)16-10-3-5-11-6-8-12(15)9-7-11/h3,5-9,13,16H,2,4,10H2,1H3,(H,17,18)/b5-3+. The number of halogens is 1. The summed E-state index contributed by atoms with van der Waals surface area (Å²) in [7, 11) is 0. The molecule has 0 saturated heterocycles. The van der Waals surface area contributed by atoms with Gasteiger partial charge in [0.15, 0.2) is 0 Å². The Morgan fingerprint density at radius 1 is 1.44 bits per heavy atom. The molecule has 0 aliphatic carbocycles. The highest BCUT2D eigenvalue weighted by atomic mass is 19.1. The summed E-state index contributed by atoms with van der Waals surface area (Å²) in [6.07, 6.45) is 5.10. The summed E-state index contributed by atoms with van der Waals surface area (Å²) >= 11 is 0. The average molecular weight is 251 g/mol. The molecule has 4 heteroatoms. The first-order valence-corrected chi connectivity index (χ1v) is 6.01. The largest absolute Gasteiger partial charge is 0.480 e. The third-order valence-electron chi connectivity index (χ3n) is 2.54. The Labute approximate surface area is 106 Å². The van der Waals surface area contributed by atoms with Crippen molar-refractivity contribution in [2.45, 2.75) is 25.8 Å². The van der Waals surface area contributed by atoms with Gasteiger partial charge in [0.05, 0.1) is 0 Å². The lowest BCUT2D eigenvalue weighted by Gasteiger charge is -2.11. The first-order chi connectivity index (χ1) is 8.63. The molecular weight excluding hydrogens is 233 g/mol. The fraction of sp³-hybridized carbons (Fsp3) is 0.357. The molecular formula is C14H18FNO2. The molecule has 0 aromatic heterocycles. The summed E-state index contributed by atoms with van der Waals surface area (Å²) in [5.74, 6) is -1.09. The van der Waals surface area contributed by atoms with Gasteiger partial charge in [-0.1, -0.05) is 37.6 Å². The molecule has 2 N–H and O–H groups in total. The monoisotopic (exact) mass is 251 g/mol. The predicted molar refractivity (Wildman–Crippen MR) is 69.8 cm³/mol. The third-order valence-corrected chi connectivity index (χ3v) is 2.54. The van der Waals surface area contributed by atoms with Gasteiger partial charge in [0, 0.05) is 6.54 Å². The zero-order valence-corrected chi connectivity index (χ0v) is 10.4. The third kappa shape index (κ3) is 5.10. The summed E-state index contributed by atoms with van der Waals surface area (Å²) in [6, 6.07) is 5.63. The zero-order valence-electron chi connectivity index (χ0n) is 10.4. The van der Waals surface area contributed by atoms with Crippen molar-refractivity contribution in [1.82, 2.24) is 5.32 Å². The highest BCUT2D eigenvalue weighted by Crippen LogP contribution is 2.04. The van der Waals surface area contributed by atoms with Crippen molar-refractivity contribution in [2.75, 3.05) is 6.54 Å². The number of hydrogen-bond acceptors (Lipinski definition) is 2. The van der Waals surface area contributed by atoms with Gasteiger partial charge in [0.1, 0.15) is 11.9 Å². The molecule has 0 aliphatic heterocycles. The summed E-state index contributed by atoms with van der Waals surface area (Å²) in [5.41, 5.74) is 0.889. The lowest BCUT2D eigenvalue weighted by atomic mass is 10.1. The van der Waals surface area contributed by atoms with Crippen LogP contribution < -0.4 is 5.32 Å². The van der Waals surface area contributed by atoms with Crippen LogP contribution in [0.15, 0.2) is 30.3 Å². The van der Waals surface area contributed by atoms with E-state index >= 15 is 0 Å². The van der Waals surface area contributed by atoms with Crippen molar-refractivity contribution in [1.29, 1.82) is 0 Å². The van der Waals surface area contributed by atoms with Gasteiger partial charge in [-0.2, -0.15) is 0 Å². The minimum atomic E-state index is -0.827. The minimum Gasteiger partial charge on any atom is -0.480 e. The van der Waals surface area contributed by atoms with E-state index in [9.17, 15) is 9.18 Å². The topological polar surface area (TPSA) is 49.3 Å². The number of carboxylic acids is 1. The second kappa shape index (κ2) is 7.61. The lowest BCUT2D eigenvalue weighted by Crippen LogP contribution is -2.36. The van der Waals surface area contributed by atoms with Crippen LogP contribution in [-0.4, -0.2) is 23.7 Å². The Balaban J connectivity index is 2.40. The number of carbonyl (C=O) groups is 1. The number of carboxylic acid groups (broad SMARTS) is 1. The zero-order chi connectivity index (χ0) is 13.4. The number of nitrogens with one attached hydrogen (secondary N) is 1. The Hall–Kier alpha value is -1.68. The summed E-state index contributed by atoms with van der Waals surface area (Å²) in [6.45, 7) is 2.43. The fourth-order valence-corrected chi connectivity index (χ4v) is 1.58. The van der Waals surface area contributed by atoms with E-state index in [2.05, 4.69) is 5.32 Å². The molecule has 0 heterocycles. The van der Waals surface area contributed by atoms with Crippen molar-refractivity contribution >= 4 is 12.0 Å². The summed E-state index contributed by atoms with van der Waals surface area (Å²) in [4.78, 5) is 10.9. The average Bonchev–Trinajstić information content (AvgIpc) is 2.35. The Morgan fingerprint density at radius 3 is 2.67 bits per heavy atom. The molecule has 1 aromatic carbocycles. The van der Waals surface area contributed by atoms with E-state index in [0.717, 1.165) is 12.0 Å². The molecule has 98 valence electrons. The molecule has 1 rings (SSSR count). The summed E-state index contributed by atoms with van der Waals surface area (Å²) in [5, 5.41) is 11.9. The van der Waals surface area contributed by atoms with E-state index in [1.807, 2.05) is 19.1 Å². The molecule has 18 heavy (non-hydrogen) atoms. The molecule has 3 nitrogen and oxygen atoms in total. The lowest BCUT2D eigenvalue weighted by molar-refractivity contribution is -0.139. The van der Waals surface area contributed by atoms with E-state index in [0.29, 0.717) is 13.0 Å². The van der Waals surface area contributed by atoms with E-state index < -0.39 is 12.0 Å². The van der Waals surface area contributed by atoms with Crippen LogP contribution in [0.1, 0.15) is 25.3 Å². The van der Waals surface area contributed by atoms with Gasteiger partial charge >= 0.3 is 5.97 Å². The van der Waals surface area contributed by atoms with Crippen LogP contribution in [-0.2, 0) is 4.79 Å². The summed E-state index contributed by atoms with van der Waals surface area (Å²) < 4.78 is 12.7. The number of benzene rings is 1. The van der Waals surface area contributed by atoms with Gasteiger partial charge in [0.2, 0.25) is 0 Å². The van der Waals surface area contributed by atoms with E-state index in [1.54, 1.807) is 12.1 Å². The van der Waals surface area contributed by atoms with Crippen LogP contribution in [0, 0.1) is 5.82 Å². The maximum Gasteiger partial charge on any atom is 0.320 e.